The Hall–Kier alpha value is -0.240. The molecular formula is C14H21Cl2N. The van der Waals surface area contributed by atoms with E-state index in [0.717, 1.165) is 6.54 Å². The Kier molecular flexibility index (Phi) is 6.32. The first-order valence-electron chi connectivity index (χ1n) is 6.23. The van der Waals surface area contributed by atoms with E-state index in [0.29, 0.717) is 21.9 Å². The van der Waals surface area contributed by atoms with Crippen LogP contribution in [0.3, 0.4) is 0 Å². The molecule has 0 saturated heterocycles. The summed E-state index contributed by atoms with van der Waals surface area (Å²) in [6.07, 6.45) is 2.37. The molecule has 0 aliphatic carbocycles. The first-order chi connectivity index (χ1) is 8.13. The maximum Gasteiger partial charge on any atom is 0.0595 e. The summed E-state index contributed by atoms with van der Waals surface area (Å²) in [4.78, 5) is 0. The van der Waals surface area contributed by atoms with Crippen molar-refractivity contribution in [2.45, 2.75) is 32.6 Å². The minimum atomic E-state index is 0.504. The van der Waals surface area contributed by atoms with Gasteiger partial charge in [-0.15, -0.1) is 0 Å². The molecule has 3 heteroatoms. The molecule has 1 unspecified atom stereocenters. The summed E-state index contributed by atoms with van der Waals surface area (Å²) in [6, 6.07) is 5.99. The van der Waals surface area contributed by atoms with Crippen LogP contribution >= 0.6 is 23.2 Å². The lowest BCUT2D eigenvalue weighted by molar-refractivity contribution is 0.387. The van der Waals surface area contributed by atoms with Gasteiger partial charge in [0.1, 0.15) is 0 Å². The van der Waals surface area contributed by atoms with E-state index in [1.807, 2.05) is 19.2 Å². The van der Waals surface area contributed by atoms with Gasteiger partial charge in [0.2, 0.25) is 0 Å². The molecule has 1 N–H and O–H groups in total. The van der Waals surface area contributed by atoms with Gasteiger partial charge in [-0.3, -0.25) is 0 Å². The minimum Gasteiger partial charge on any atom is -0.319 e. The Morgan fingerprint density at radius 3 is 2.24 bits per heavy atom. The predicted octanol–water partition coefficient (Wildman–Crippen LogP) is 4.73. The second-order valence-corrected chi connectivity index (χ2v) is 5.23. The molecule has 0 radical (unpaired) electrons. The lowest BCUT2D eigenvalue weighted by Gasteiger charge is -2.26. The van der Waals surface area contributed by atoms with E-state index in [1.54, 1.807) is 0 Å². The summed E-state index contributed by atoms with van der Waals surface area (Å²) in [5.74, 6) is 1.18. The van der Waals surface area contributed by atoms with Crippen LogP contribution in [0.15, 0.2) is 18.2 Å². The molecule has 1 nitrogen and oxygen atoms in total. The molecule has 0 amide bonds. The summed E-state index contributed by atoms with van der Waals surface area (Å²) in [6.45, 7) is 5.47. The van der Waals surface area contributed by atoms with Crippen LogP contribution in [0.25, 0.3) is 0 Å². The number of likely N-dealkylation sites (N-methyl/N-ethyl adjacent to an activating group) is 1. The van der Waals surface area contributed by atoms with Crippen molar-refractivity contribution in [1.29, 1.82) is 0 Å². The molecule has 0 aromatic heterocycles. The van der Waals surface area contributed by atoms with Crippen LogP contribution < -0.4 is 5.32 Å². The first kappa shape index (κ1) is 14.8. The fraction of sp³-hybridized carbons (Fsp3) is 0.571. The molecule has 1 aromatic rings. The van der Waals surface area contributed by atoms with Gasteiger partial charge in [-0.25, -0.2) is 0 Å². The normalized spacial score (nSPS) is 13.1. The molecule has 0 heterocycles. The van der Waals surface area contributed by atoms with Gasteiger partial charge in [0, 0.05) is 6.54 Å². The topological polar surface area (TPSA) is 12.0 Å². The van der Waals surface area contributed by atoms with Crippen molar-refractivity contribution in [2.75, 3.05) is 13.6 Å². The Morgan fingerprint density at radius 2 is 1.76 bits per heavy atom. The average Bonchev–Trinajstić information content (AvgIpc) is 2.33. The van der Waals surface area contributed by atoms with Crippen LogP contribution in [0.4, 0.5) is 0 Å². The third kappa shape index (κ3) is 3.87. The summed E-state index contributed by atoms with van der Waals surface area (Å²) >= 11 is 12.1. The molecule has 1 rings (SSSR count). The van der Waals surface area contributed by atoms with Crippen molar-refractivity contribution in [1.82, 2.24) is 5.32 Å². The molecule has 1 atom stereocenters. The molecule has 0 aliphatic rings. The zero-order valence-corrected chi connectivity index (χ0v) is 12.3. The van der Waals surface area contributed by atoms with Crippen LogP contribution in [0, 0.1) is 5.92 Å². The van der Waals surface area contributed by atoms with Gasteiger partial charge >= 0.3 is 0 Å². The number of benzene rings is 1. The molecule has 0 spiro atoms. The van der Waals surface area contributed by atoms with Crippen molar-refractivity contribution in [3.05, 3.63) is 33.8 Å². The molecule has 0 saturated carbocycles. The largest absolute Gasteiger partial charge is 0.319 e. The highest BCUT2D eigenvalue weighted by atomic mass is 35.5. The van der Waals surface area contributed by atoms with E-state index in [-0.39, 0.29) is 0 Å². The third-order valence-electron chi connectivity index (χ3n) is 3.41. The molecule has 0 fully saturated rings. The number of hydrogen-bond donors (Lipinski definition) is 1. The van der Waals surface area contributed by atoms with Gasteiger partial charge in [-0.1, -0.05) is 56.0 Å². The highest BCUT2D eigenvalue weighted by Gasteiger charge is 2.20. The lowest BCUT2D eigenvalue weighted by Crippen LogP contribution is -2.23. The van der Waals surface area contributed by atoms with Crippen LogP contribution in [-0.4, -0.2) is 13.6 Å². The van der Waals surface area contributed by atoms with Gasteiger partial charge in [-0.2, -0.15) is 0 Å². The number of halogens is 2. The van der Waals surface area contributed by atoms with Gasteiger partial charge < -0.3 is 5.32 Å². The SMILES string of the molecule is CCC(CC)C(CNC)c1ccc(Cl)c(Cl)c1. The predicted molar refractivity (Wildman–Crippen MR) is 77.2 cm³/mol. The van der Waals surface area contributed by atoms with Crippen molar-refractivity contribution in [2.24, 2.45) is 5.92 Å². The van der Waals surface area contributed by atoms with Crippen LogP contribution in [-0.2, 0) is 0 Å². The van der Waals surface area contributed by atoms with Gasteiger partial charge in [0.15, 0.2) is 0 Å². The van der Waals surface area contributed by atoms with E-state index in [4.69, 9.17) is 23.2 Å². The maximum absolute atomic E-state index is 6.10. The molecule has 1 aromatic carbocycles. The summed E-state index contributed by atoms with van der Waals surface area (Å²) < 4.78 is 0. The smallest absolute Gasteiger partial charge is 0.0595 e. The van der Waals surface area contributed by atoms with Gasteiger partial charge in [-0.05, 0) is 36.6 Å². The van der Waals surface area contributed by atoms with Gasteiger partial charge in [0.25, 0.3) is 0 Å². The molecule has 0 aliphatic heterocycles. The Morgan fingerprint density at radius 1 is 1.12 bits per heavy atom. The molecular weight excluding hydrogens is 253 g/mol. The zero-order chi connectivity index (χ0) is 12.8. The highest BCUT2D eigenvalue weighted by Crippen LogP contribution is 2.32. The summed E-state index contributed by atoms with van der Waals surface area (Å²) in [7, 11) is 1.99. The minimum absolute atomic E-state index is 0.504. The molecule has 17 heavy (non-hydrogen) atoms. The quantitative estimate of drug-likeness (QED) is 0.790. The fourth-order valence-corrected chi connectivity index (χ4v) is 2.68. The van der Waals surface area contributed by atoms with Crippen molar-refractivity contribution in [3.63, 3.8) is 0 Å². The standard InChI is InChI=1S/C14H21Cl2N/c1-4-10(5-2)12(9-17-3)11-6-7-13(15)14(16)8-11/h6-8,10,12,17H,4-5,9H2,1-3H3. The molecule has 0 bridgehead atoms. The van der Waals surface area contributed by atoms with Crippen molar-refractivity contribution in [3.8, 4) is 0 Å². The lowest BCUT2D eigenvalue weighted by atomic mass is 9.82. The van der Waals surface area contributed by atoms with Crippen molar-refractivity contribution >= 4 is 23.2 Å². The molecule has 96 valence electrons. The van der Waals surface area contributed by atoms with Crippen LogP contribution in [0.1, 0.15) is 38.2 Å². The van der Waals surface area contributed by atoms with E-state index in [1.165, 1.54) is 18.4 Å². The Labute approximate surface area is 115 Å². The average molecular weight is 274 g/mol. The van der Waals surface area contributed by atoms with Crippen LogP contribution in [0.5, 0.6) is 0 Å². The number of rotatable bonds is 6. The van der Waals surface area contributed by atoms with E-state index >= 15 is 0 Å². The first-order valence-corrected chi connectivity index (χ1v) is 6.99. The van der Waals surface area contributed by atoms with E-state index < -0.39 is 0 Å². The highest BCUT2D eigenvalue weighted by molar-refractivity contribution is 6.42. The second-order valence-electron chi connectivity index (χ2n) is 4.41. The third-order valence-corrected chi connectivity index (χ3v) is 4.15. The summed E-state index contributed by atoms with van der Waals surface area (Å²) in [5.41, 5.74) is 1.28. The van der Waals surface area contributed by atoms with E-state index in [2.05, 4.69) is 25.2 Å². The zero-order valence-electron chi connectivity index (χ0n) is 10.8. The van der Waals surface area contributed by atoms with Gasteiger partial charge in [0.05, 0.1) is 10.0 Å². The van der Waals surface area contributed by atoms with Crippen LogP contribution in [0.2, 0.25) is 10.0 Å². The Balaban J connectivity index is 2.99. The van der Waals surface area contributed by atoms with Crippen molar-refractivity contribution < 1.29 is 0 Å². The maximum atomic E-state index is 6.10. The van der Waals surface area contributed by atoms with E-state index in [9.17, 15) is 0 Å². The summed E-state index contributed by atoms with van der Waals surface area (Å²) in [5, 5.41) is 4.55. The Bertz CT molecular complexity index is 348. The fourth-order valence-electron chi connectivity index (χ4n) is 2.38. The number of nitrogens with one attached hydrogen (secondary N) is 1. The second kappa shape index (κ2) is 7.25. The monoisotopic (exact) mass is 273 g/mol. The number of hydrogen-bond acceptors (Lipinski definition) is 1.